The summed E-state index contributed by atoms with van der Waals surface area (Å²) in [6.45, 7) is 0.919. The SMILES string of the molecule is O=C(Nc1ccc(C2NCCc3c2[nH]c2ccccc32)cc1)c1ccc(F)cc1. The molecule has 0 saturated heterocycles. The van der Waals surface area contributed by atoms with Gasteiger partial charge in [0.1, 0.15) is 5.82 Å². The highest BCUT2D eigenvalue weighted by atomic mass is 19.1. The number of nitrogens with one attached hydrogen (secondary N) is 3. The number of carbonyl (C=O) groups excluding carboxylic acids is 1. The lowest BCUT2D eigenvalue weighted by atomic mass is 9.94. The van der Waals surface area contributed by atoms with Gasteiger partial charge in [-0.25, -0.2) is 4.39 Å². The normalized spacial score (nSPS) is 15.8. The lowest BCUT2D eigenvalue weighted by Crippen LogP contribution is -2.30. The molecule has 1 atom stereocenters. The Balaban J connectivity index is 1.38. The number of aromatic amines is 1. The minimum absolute atomic E-state index is 0.0907. The van der Waals surface area contributed by atoms with Gasteiger partial charge in [-0.3, -0.25) is 4.79 Å². The number of aromatic nitrogens is 1. The van der Waals surface area contributed by atoms with E-state index in [0.29, 0.717) is 11.3 Å². The Labute approximate surface area is 167 Å². The lowest BCUT2D eigenvalue weighted by Gasteiger charge is -2.25. The van der Waals surface area contributed by atoms with Gasteiger partial charge in [-0.05, 0) is 60.0 Å². The van der Waals surface area contributed by atoms with E-state index in [9.17, 15) is 9.18 Å². The molecule has 1 amide bonds. The van der Waals surface area contributed by atoms with E-state index in [1.165, 1.54) is 40.9 Å². The van der Waals surface area contributed by atoms with Crippen molar-refractivity contribution in [1.82, 2.24) is 10.3 Å². The summed E-state index contributed by atoms with van der Waals surface area (Å²) in [5.74, 6) is -0.617. The molecule has 0 aliphatic carbocycles. The fourth-order valence-electron chi connectivity index (χ4n) is 4.03. The van der Waals surface area contributed by atoms with Crippen molar-refractivity contribution in [3.63, 3.8) is 0 Å². The number of anilines is 1. The Morgan fingerprint density at radius 1 is 0.966 bits per heavy atom. The third-order valence-electron chi connectivity index (χ3n) is 5.47. The molecular formula is C24H20FN3O. The zero-order chi connectivity index (χ0) is 19.8. The zero-order valence-electron chi connectivity index (χ0n) is 15.7. The summed E-state index contributed by atoms with van der Waals surface area (Å²) < 4.78 is 13.0. The van der Waals surface area contributed by atoms with E-state index in [0.717, 1.165) is 24.0 Å². The van der Waals surface area contributed by atoms with Crippen LogP contribution in [0.4, 0.5) is 10.1 Å². The highest BCUT2D eigenvalue weighted by Gasteiger charge is 2.25. The molecule has 3 N–H and O–H groups in total. The maximum atomic E-state index is 13.0. The molecule has 1 unspecified atom stereocenters. The molecule has 5 rings (SSSR count). The molecule has 3 aromatic carbocycles. The van der Waals surface area contributed by atoms with Crippen molar-refractivity contribution < 1.29 is 9.18 Å². The summed E-state index contributed by atoms with van der Waals surface area (Å²) >= 11 is 0. The predicted molar refractivity (Wildman–Crippen MR) is 113 cm³/mol. The molecule has 1 aromatic heterocycles. The second-order valence-electron chi connectivity index (χ2n) is 7.28. The summed E-state index contributed by atoms with van der Waals surface area (Å²) in [5, 5.41) is 7.74. The van der Waals surface area contributed by atoms with Crippen molar-refractivity contribution in [3.8, 4) is 0 Å². The molecule has 0 bridgehead atoms. The highest BCUT2D eigenvalue weighted by molar-refractivity contribution is 6.04. The molecule has 29 heavy (non-hydrogen) atoms. The van der Waals surface area contributed by atoms with Crippen LogP contribution in [0.15, 0.2) is 72.8 Å². The first-order valence-electron chi connectivity index (χ1n) is 9.69. The zero-order valence-corrected chi connectivity index (χ0v) is 15.7. The highest BCUT2D eigenvalue weighted by Crippen LogP contribution is 2.33. The fourth-order valence-corrected chi connectivity index (χ4v) is 4.03. The van der Waals surface area contributed by atoms with E-state index >= 15 is 0 Å². The molecule has 0 saturated carbocycles. The number of H-pyrrole nitrogens is 1. The summed E-state index contributed by atoms with van der Waals surface area (Å²) in [6, 6.07) is 21.9. The van der Waals surface area contributed by atoms with Crippen LogP contribution in [-0.2, 0) is 6.42 Å². The number of benzene rings is 3. The van der Waals surface area contributed by atoms with Crippen LogP contribution in [-0.4, -0.2) is 17.4 Å². The van der Waals surface area contributed by atoms with Crippen LogP contribution in [0.1, 0.15) is 33.2 Å². The van der Waals surface area contributed by atoms with Crippen LogP contribution < -0.4 is 10.6 Å². The topological polar surface area (TPSA) is 56.9 Å². The Bertz CT molecular complexity index is 1180. The van der Waals surface area contributed by atoms with E-state index in [4.69, 9.17) is 0 Å². The molecule has 1 aliphatic rings. The van der Waals surface area contributed by atoms with Crippen LogP contribution in [0.25, 0.3) is 10.9 Å². The van der Waals surface area contributed by atoms with Crippen molar-refractivity contribution in [2.24, 2.45) is 0 Å². The first kappa shape index (κ1) is 17.6. The number of hydrogen-bond acceptors (Lipinski definition) is 2. The van der Waals surface area contributed by atoms with Gasteiger partial charge in [0, 0.05) is 34.4 Å². The first-order valence-corrected chi connectivity index (χ1v) is 9.69. The number of halogens is 1. The molecule has 0 fully saturated rings. The summed E-state index contributed by atoms with van der Waals surface area (Å²) in [6.07, 6.45) is 1.00. The number of para-hydroxylation sites is 1. The standard InChI is InChI=1S/C24H20FN3O/c25-17-9-5-16(6-10-17)24(29)27-18-11-7-15(8-12-18)22-23-20(13-14-26-22)19-3-1-2-4-21(19)28-23/h1-12,22,26,28H,13-14H2,(H,27,29). The van der Waals surface area contributed by atoms with E-state index in [2.05, 4.69) is 33.8 Å². The predicted octanol–water partition coefficient (Wildman–Crippen LogP) is 4.79. The molecule has 0 radical (unpaired) electrons. The van der Waals surface area contributed by atoms with Gasteiger partial charge in [0.2, 0.25) is 0 Å². The number of carbonyl (C=O) groups is 1. The third kappa shape index (κ3) is 3.30. The van der Waals surface area contributed by atoms with E-state index in [1.807, 2.05) is 30.3 Å². The van der Waals surface area contributed by atoms with Gasteiger partial charge in [0.05, 0.1) is 6.04 Å². The largest absolute Gasteiger partial charge is 0.357 e. The van der Waals surface area contributed by atoms with E-state index < -0.39 is 0 Å². The monoisotopic (exact) mass is 385 g/mol. The van der Waals surface area contributed by atoms with Gasteiger partial charge < -0.3 is 15.6 Å². The van der Waals surface area contributed by atoms with E-state index in [1.54, 1.807) is 0 Å². The second kappa shape index (κ2) is 7.18. The maximum Gasteiger partial charge on any atom is 0.255 e. The molecule has 1 aliphatic heterocycles. The second-order valence-corrected chi connectivity index (χ2v) is 7.28. The van der Waals surface area contributed by atoms with Gasteiger partial charge in [0.25, 0.3) is 5.91 Å². The van der Waals surface area contributed by atoms with Crippen molar-refractivity contribution in [2.45, 2.75) is 12.5 Å². The van der Waals surface area contributed by atoms with Gasteiger partial charge in [-0.15, -0.1) is 0 Å². The van der Waals surface area contributed by atoms with Crippen LogP contribution in [0, 0.1) is 5.82 Å². The third-order valence-corrected chi connectivity index (χ3v) is 5.47. The smallest absolute Gasteiger partial charge is 0.255 e. The quantitative estimate of drug-likeness (QED) is 0.475. The summed E-state index contributed by atoms with van der Waals surface area (Å²) in [4.78, 5) is 15.9. The van der Waals surface area contributed by atoms with Crippen LogP contribution in [0.5, 0.6) is 0 Å². The van der Waals surface area contributed by atoms with Crippen molar-refractivity contribution >= 4 is 22.5 Å². The van der Waals surface area contributed by atoms with Crippen LogP contribution >= 0.6 is 0 Å². The maximum absolute atomic E-state index is 13.0. The molecule has 4 aromatic rings. The van der Waals surface area contributed by atoms with Gasteiger partial charge >= 0.3 is 0 Å². The molecule has 144 valence electrons. The van der Waals surface area contributed by atoms with Crippen molar-refractivity contribution in [2.75, 3.05) is 11.9 Å². The average Bonchev–Trinajstić information content (AvgIpc) is 3.14. The Kier molecular flexibility index (Phi) is 4.37. The Morgan fingerprint density at radius 3 is 2.52 bits per heavy atom. The lowest BCUT2D eigenvalue weighted by molar-refractivity contribution is 0.102. The molecular weight excluding hydrogens is 365 g/mol. The fraction of sp³-hybridized carbons (Fsp3) is 0.125. The first-order chi connectivity index (χ1) is 14.2. The summed E-state index contributed by atoms with van der Waals surface area (Å²) in [5.41, 5.74) is 6.01. The van der Waals surface area contributed by atoms with Crippen LogP contribution in [0.3, 0.4) is 0 Å². The number of hydrogen-bond donors (Lipinski definition) is 3. The summed E-state index contributed by atoms with van der Waals surface area (Å²) in [7, 11) is 0. The average molecular weight is 385 g/mol. The number of fused-ring (bicyclic) bond motifs is 3. The van der Waals surface area contributed by atoms with Gasteiger partial charge in [0.15, 0.2) is 0 Å². The van der Waals surface area contributed by atoms with Gasteiger partial charge in [-0.2, -0.15) is 0 Å². The molecule has 2 heterocycles. The molecule has 0 spiro atoms. The minimum atomic E-state index is -0.359. The Hall–Kier alpha value is -3.44. The van der Waals surface area contributed by atoms with E-state index in [-0.39, 0.29) is 17.8 Å². The number of amides is 1. The number of rotatable bonds is 3. The van der Waals surface area contributed by atoms with Crippen molar-refractivity contribution in [1.29, 1.82) is 0 Å². The van der Waals surface area contributed by atoms with Crippen LogP contribution in [0.2, 0.25) is 0 Å². The van der Waals surface area contributed by atoms with Gasteiger partial charge in [-0.1, -0.05) is 30.3 Å². The molecule has 4 nitrogen and oxygen atoms in total. The minimum Gasteiger partial charge on any atom is -0.357 e. The van der Waals surface area contributed by atoms with Crippen molar-refractivity contribution in [3.05, 3.63) is 101 Å². The Morgan fingerprint density at radius 2 is 1.72 bits per heavy atom. The molecule has 5 heteroatoms.